The Morgan fingerprint density at radius 3 is 2.70 bits per heavy atom. The Hall–Kier alpha value is -3.90. The first-order valence-corrected chi connectivity index (χ1v) is 13.2. The summed E-state index contributed by atoms with van der Waals surface area (Å²) < 4.78 is 4.58. The summed E-state index contributed by atoms with van der Waals surface area (Å²) in [4.78, 5) is 11.7. The van der Waals surface area contributed by atoms with Gasteiger partial charge in [0.1, 0.15) is 11.3 Å². The van der Waals surface area contributed by atoms with Crippen LogP contribution in [0.25, 0.3) is 33.6 Å². The third-order valence-corrected chi connectivity index (χ3v) is 7.75. The van der Waals surface area contributed by atoms with Gasteiger partial charge in [-0.2, -0.15) is 0 Å². The van der Waals surface area contributed by atoms with Crippen molar-refractivity contribution in [3.8, 4) is 11.4 Å². The van der Waals surface area contributed by atoms with Crippen LogP contribution in [0.15, 0.2) is 73.7 Å². The van der Waals surface area contributed by atoms with Crippen LogP contribution in [0.3, 0.4) is 0 Å². The summed E-state index contributed by atoms with van der Waals surface area (Å²) in [6, 6.07) is 17.7. The number of fused-ring (bicyclic) bond motifs is 2. The third-order valence-electron chi connectivity index (χ3n) is 7.75. The van der Waals surface area contributed by atoms with Gasteiger partial charge in [-0.15, -0.1) is 0 Å². The van der Waals surface area contributed by atoms with Gasteiger partial charge in [0, 0.05) is 72.1 Å². The molecule has 6 nitrogen and oxygen atoms in total. The van der Waals surface area contributed by atoms with E-state index in [4.69, 9.17) is 10.7 Å². The lowest BCUT2D eigenvalue weighted by atomic mass is 10.0. The van der Waals surface area contributed by atoms with Crippen molar-refractivity contribution in [2.24, 2.45) is 5.73 Å². The average Bonchev–Trinajstić information content (AvgIpc) is 3.45. The quantitative estimate of drug-likeness (QED) is 0.333. The first-order chi connectivity index (χ1) is 18.0. The van der Waals surface area contributed by atoms with Crippen molar-refractivity contribution in [2.75, 3.05) is 13.1 Å². The number of nitrogens with two attached hydrogens (primary N) is 1. The standard InChI is InChI=1S/C31H34N6/c1-4-23-7-8-26-17-29(37(28(26)16-23)19-24-9-12-33-13-10-24)31-22(3)36-15-11-25(18-30(36)34-31)21(2)35-14-5-6-27(32)20-35/h7-13,15-18,27H,2,4-6,14,19-20,32H2,1,3H3. The van der Waals surface area contributed by atoms with Crippen molar-refractivity contribution in [3.05, 3.63) is 96.1 Å². The van der Waals surface area contributed by atoms with Gasteiger partial charge in [0.05, 0.1) is 5.69 Å². The fraction of sp³-hybridized carbons (Fsp3) is 0.290. The molecule has 0 spiro atoms. The topological polar surface area (TPSA) is 64.4 Å². The van der Waals surface area contributed by atoms with E-state index in [1.54, 1.807) is 0 Å². The molecule has 1 aliphatic rings. The van der Waals surface area contributed by atoms with Crippen molar-refractivity contribution < 1.29 is 0 Å². The third kappa shape index (κ3) is 4.31. The van der Waals surface area contributed by atoms with Crippen LogP contribution in [0.4, 0.5) is 0 Å². The smallest absolute Gasteiger partial charge is 0.138 e. The molecule has 0 radical (unpaired) electrons. The van der Waals surface area contributed by atoms with E-state index in [1.807, 2.05) is 12.4 Å². The number of benzene rings is 1. The van der Waals surface area contributed by atoms with Crippen molar-refractivity contribution in [2.45, 2.75) is 45.7 Å². The number of hydrogen-bond donors (Lipinski definition) is 1. The highest BCUT2D eigenvalue weighted by Gasteiger charge is 2.21. The van der Waals surface area contributed by atoms with Crippen LogP contribution in [0.5, 0.6) is 0 Å². The minimum absolute atomic E-state index is 0.213. The van der Waals surface area contributed by atoms with Gasteiger partial charge in [0.2, 0.25) is 0 Å². The Labute approximate surface area is 218 Å². The molecule has 1 unspecified atom stereocenters. The number of pyridine rings is 2. The molecule has 6 rings (SSSR count). The second-order valence-electron chi connectivity index (χ2n) is 10.2. The van der Waals surface area contributed by atoms with Crippen LogP contribution in [0, 0.1) is 6.92 Å². The zero-order valence-corrected chi connectivity index (χ0v) is 21.7. The first-order valence-electron chi connectivity index (χ1n) is 13.2. The molecule has 0 aliphatic carbocycles. The Balaban J connectivity index is 1.45. The van der Waals surface area contributed by atoms with Gasteiger partial charge in [-0.1, -0.05) is 25.6 Å². The Kier molecular flexibility index (Phi) is 6.05. The summed E-state index contributed by atoms with van der Waals surface area (Å²) in [6.07, 6.45) is 9.04. The van der Waals surface area contributed by atoms with Gasteiger partial charge in [0.15, 0.2) is 0 Å². The molecule has 0 bridgehead atoms. The van der Waals surface area contributed by atoms with Crippen LogP contribution in [-0.4, -0.2) is 43.0 Å². The Bertz CT molecular complexity index is 1590. The van der Waals surface area contributed by atoms with Crippen LogP contribution in [-0.2, 0) is 13.0 Å². The van der Waals surface area contributed by atoms with Gasteiger partial charge in [0.25, 0.3) is 0 Å². The molecule has 1 atom stereocenters. The van der Waals surface area contributed by atoms with Crippen LogP contribution in [0.1, 0.15) is 42.1 Å². The van der Waals surface area contributed by atoms with E-state index in [0.717, 1.165) is 72.9 Å². The number of nitrogens with zero attached hydrogens (tertiary/aromatic N) is 5. The highest BCUT2D eigenvalue weighted by atomic mass is 15.2. The molecule has 0 saturated carbocycles. The number of imidazole rings is 1. The van der Waals surface area contributed by atoms with E-state index in [9.17, 15) is 0 Å². The molecule has 1 saturated heterocycles. The maximum absolute atomic E-state index is 6.23. The molecule has 1 fully saturated rings. The molecule has 5 heterocycles. The fourth-order valence-corrected chi connectivity index (χ4v) is 5.58. The van der Waals surface area contributed by atoms with Gasteiger partial charge in [-0.05, 0) is 73.7 Å². The highest BCUT2D eigenvalue weighted by Crippen LogP contribution is 2.33. The molecule has 6 heteroatoms. The number of likely N-dealkylation sites (tertiary alicyclic amines) is 1. The maximum atomic E-state index is 6.23. The van der Waals surface area contributed by atoms with Crippen molar-refractivity contribution in [1.82, 2.24) is 23.8 Å². The number of aryl methyl sites for hydroxylation is 2. The Morgan fingerprint density at radius 1 is 1.08 bits per heavy atom. The van der Waals surface area contributed by atoms with Crippen LogP contribution >= 0.6 is 0 Å². The second kappa shape index (κ2) is 9.52. The normalized spacial score (nSPS) is 16.1. The second-order valence-corrected chi connectivity index (χ2v) is 10.2. The van der Waals surface area contributed by atoms with E-state index in [-0.39, 0.29) is 6.04 Å². The molecule has 37 heavy (non-hydrogen) atoms. The van der Waals surface area contributed by atoms with Crippen LogP contribution in [0.2, 0.25) is 0 Å². The van der Waals surface area contributed by atoms with E-state index in [1.165, 1.54) is 22.0 Å². The van der Waals surface area contributed by atoms with Gasteiger partial charge < -0.3 is 19.6 Å². The number of hydrogen-bond acceptors (Lipinski definition) is 4. The van der Waals surface area contributed by atoms with Crippen LogP contribution < -0.4 is 5.73 Å². The summed E-state index contributed by atoms with van der Waals surface area (Å²) >= 11 is 0. The average molecular weight is 491 g/mol. The largest absolute Gasteiger partial charge is 0.370 e. The van der Waals surface area contributed by atoms with Gasteiger partial charge >= 0.3 is 0 Å². The monoisotopic (exact) mass is 490 g/mol. The molecule has 2 N–H and O–H groups in total. The lowest BCUT2D eigenvalue weighted by molar-refractivity contribution is 0.296. The molecule has 1 aliphatic heterocycles. The predicted molar refractivity (Wildman–Crippen MR) is 151 cm³/mol. The van der Waals surface area contributed by atoms with E-state index in [2.05, 4.69) is 94.0 Å². The van der Waals surface area contributed by atoms with Crippen molar-refractivity contribution in [3.63, 3.8) is 0 Å². The Morgan fingerprint density at radius 2 is 1.92 bits per heavy atom. The molecular weight excluding hydrogens is 456 g/mol. The summed E-state index contributed by atoms with van der Waals surface area (Å²) in [5, 5.41) is 1.23. The van der Waals surface area contributed by atoms with Gasteiger partial charge in [-0.25, -0.2) is 4.98 Å². The fourth-order valence-electron chi connectivity index (χ4n) is 5.58. The summed E-state index contributed by atoms with van der Waals surface area (Å²) in [7, 11) is 0. The van der Waals surface area contributed by atoms with Crippen molar-refractivity contribution in [1.29, 1.82) is 0 Å². The lowest BCUT2D eigenvalue weighted by Crippen LogP contribution is -2.41. The number of piperidine rings is 1. The van der Waals surface area contributed by atoms with E-state index >= 15 is 0 Å². The summed E-state index contributed by atoms with van der Waals surface area (Å²) in [5.41, 5.74) is 16.3. The van der Waals surface area contributed by atoms with E-state index < -0.39 is 0 Å². The predicted octanol–water partition coefficient (Wildman–Crippen LogP) is 5.66. The maximum Gasteiger partial charge on any atom is 0.138 e. The summed E-state index contributed by atoms with van der Waals surface area (Å²) in [6.45, 7) is 11.4. The molecule has 1 aromatic carbocycles. The minimum atomic E-state index is 0.213. The van der Waals surface area contributed by atoms with Gasteiger partial charge in [-0.3, -0.25) is 4.98 Å². The molecular formula is C31H34N6. The minimum Gasteiger partial charge on any atom is -0.370 e. The van der Waals surface area contributed by atoms with Crippen molar-refractivity contribution >= 4 is 22.2 Å². The SMILES string of the molecule is C=C(c1ccn2c(C)c(-c3cc4ccc(CC)cc4n3Cc3ccncc3)nc2c1)N1CCCC(N)C1. The number of rotatable bonds is 6. The first kappa shape index (κ1) is 23.5. The molecule has 0 amide bonds. The number of aromatic nitrogens is 4. The molecule has 5 aromatic rings. The zero-order valence-electron chi connectivity index (χ0n) is 21.7. The lowest BCUT2D eigenvalue weighted by Gasteiger charge is -2.34. The summed E-state index contributed by atoms with van der Waals surface area (Å²) in [5.74, 6) is 0. The highest BCUT2D eigenvalue weighted by molar-refractivity contribution is 5.88. The van der Waals surface area contributed by atoms with E-state index in [0.29, 0.717) is 0 Å². The zero-order chi connectivity index (χ0) is 25.5. The molecule has 188 valence electrons. The molecule has 4 aromatic heterocycles.